The third kappa shape index (κ3) is 5.49. The zero-order valence-corrected chi connectivity index (χ0v) is 11.1. The highest BCUT2D eigenvalue weighted by molar-refractivity contribution is 8.77. The molecule has 82 valence electrons. The summed E-state index contributed by atoms with van der Waals surface area (Å²) in [5.74, 6) is 0. The lowest BCUT2D eigenvalue weighted by Gasteiger charge is -2.12. The van der Waals surface area contributed by atoms with Crippen LogP contribution in [0, 0.1) is 0 Å². The number of hydrogen-bond acceptors (Lipinski definition) is 4. The van der Waals surface area contributed by atoms with Crippen LogP contribution in [-0.2, 0) is 9.59 Å². The molecule has 2 atom stereocenters. The van der Waals surface area contributed by atoms with Crippen molar-refractivity contribution in [2.45, 2.75) is 37.2 Å². The lowest BCUT2D eigenvalue weighted by Crippen LogP contribution is -2.12. The van der Waals surface area contributed by atoms with Gasteiger partial charge in [-0.05, 0) is 36.0 Å². The number of rotatable bonds is 7. The van der Waals surface area contributed by atoms with Gasteiger partial charge in [0.25, 0.3) is 0 Å². The summed E-state index contributed by atoms with van der Waals surface area (Å²) in [6.07, 6.45) is 1.32. The van der Waals surface area contributed by atoms with Gasteiger partial charge in [-0.2, -0.15) is 0 Å². The molecule has 0 rings (SSSR count). The lowest BCUT2D eigenvalue weighted by atomic mass is 10.4. The van der Waals surface area contributed by atoms with Gasteiger partial charge < -0.3 is 0 Å². The minimum absolute atomic E-state index is 0.258. The second kappa shape index (κ2) is 7.85. The summed E-state index contributed by atoms with van der Waals surface area (Å²) in [4.78, 5) is 21.7. The molecule has 2 nitrogen and oxygen atoms in total. The van der Waals surface area contributed by atoms with E-state index >= 15 is 0 Å². The van der Waals surface area contributed by atoms with Crippen LogP contribution in [0.4, 0.5) is 0 Å². The van der Waals surface area contributed by atoms with E-state index in [1.165, 1.54) is 21.6 Å². The highest BCUT2D eigenvalue weighted by Gasteiger charge is 2.20. The van der Waals surface area contributed by atoms with Gasteiger partial charge in [-0.15, -0.1) is 0 Å². The molecule has 0 aliphatic rings. The van der Waals surface area contributed by atoms with Crippen LogP contribution < -0.4 is 0 Å². The molecule has 6 heteroatoms. The van der Waals surface area contributed by atoms with Crippen molar-refractivity contribution in [3.05, 3.63) is 0 Å². The third-order valence-electron chi connectivity index (χ3n) is 1.54. The zero-order chi connectivity index (χ0) is 11.1. The molecule has 14 heavy (non-hydrogen) atoms. The number of hydrogen-bond donors (Lipinski definition) is 0. The van der Waals surface area contributed by atoms with Gasteiger partial charge in [0.2, 0.25) is 10.5 Å². The topological polar surface area (TPSA) is 34.1 Å². The van der Waals surface area contributed by atoms with Gasteiger partial charge in [-0.25, -0.2) is 0 Å². The highest BCUT2D eigenvalue weighted by Crippen LogP contribution is 2.35. The molecule has 0 saturated heterocycles. The molecule has 0 aromatic carbocycles. The van der Waals surface area contributed by atoms with E-state index in [1.54, 1.807) is 0 Å². The first-order chi connectivity index (χ1) is 6.52. The Morgan fingerprint density at radius 1 is 1.00 bits per heavy atom. The van der Waals surface area contributed by atoms with E-state index < -0.39 is 0 Å². The molecular weight excluding hydrogens is 263 g/mol. The van der Waals surface area contributed by atoms with Crippen LogP contribution in [0.25, 0.3) is 0 Å². The quantitative estimate of drug-likeness (QED) is 0.526. The summed E-state index contributed by atoms with van der Waals surface area (Å²) in [7, 11) is 2.64. The fourth-order valence-electron chi connectivity index (χ4n) is 0.667. The van der Waals surface area contributed by atoms with Crippen LogP contribution in [-0.4, -0.2) is 21.0 Å². The van der Waals surface area contributed by atoms with Gasteiger partial charge in [0.1, 0.15) is 0 Å². The van der Waals surface area contributed by atoms with Crippen molar-refractivity contribution >= 4 is 55.3 Å². The zero-order valence-electron chi connectivity index (χ0n) is 7.96. The number of carbonyl (C=O) groups is 2. The molecule has 0 heterocycles. The van der Waals surface area contributed by atoms with Crippen LogP contribution in [0.1, 0.15) is 26.7 Å². The van der Waals surface area contributed by atoms with Gasteiger partial charge in [0.15, 0.2) is 0 Å². The SMILES string of the molecule is CCC(SSC(CC)C(=O)Cl)C(=O)Cl. The first-order valence-electron chi connectivity index (χ1n) is 4.23. The molecule has 0 aromatic heterocycles. The normalized spacial score (nSPS) is 14.9. The summed E-state index contributed by atoms with van der Waals surface area (Å²) >= 11 is 10.7. The standard InChI is InChI=1S/C8H12Cl2O2S2/c1-3-5(7(9)11)13-14-6(4-2)8(10)12/h5-6H,3-4H2,1-2H3. The molecule has 0 saturated carbocycles. The smallest absolute Gasteiger partial charge is 0.235 e. The monoisotopic (exact) mass is 274 g/mol. The van der Waals surface area contributed by atoms with Crippen molar-refractivity contribution < 1.29 is 9.59 Å². The van der Waals surface area contributed by atoms with Crippen molar-refractivity contribution in [2.24, 2.45) is 0 Å². The van der Waals surface area contributed by atoms with Crippen molar-refractivity contribution in [3.8, 4) is 0 Å². The Kier molecular flexibility index (Phi) is 8.20. The lowest BCUT2D eigenvalue weighted by molar-refractivity contribution is -0.112. The molecule has 2 unspecified atom stereocenters. The summed E-state index contributed by atoms with van der Waals surface area (Å²) in [5.41, 5.74) is 0. The van der Waals surface area contributed by atoms with Gasteiger partial charge in [-0.1, -0.05) is 35.4 Å². The fraction of sp³-hybridized carbons (Fsp3) is 0.750. The first-order valence-corrected chi connectivity index (χ1v) is 7.26. The third-order valence-corrected chi connectivity index (χ3v) is 5.72. The van der Waals surface area contributed by atoms with Crippen LogP contribution in [0.3, 0.4) is 0 Å². The van der Waals surface area contributed by atoms with E-state index in [0.717, 1.165) is 0 Å². The van der Waals surface area contributed by atoms with Crippen molar-refractivity contribution in [3.63, 3.8) is 0 Å². The molecular formula is C8H12Cl2O2S2. The van der Waals surface area contributed by atoms with E-state index in [0.29, 0.717) is 12.8 Å². The van der Waals surface area contributed by atoms with Gasteiger partial charge in [0.05, 0.1) is 10.5 Å². The van der Waals surface area contributed by atoms with Gasteiger partial charge in [-0.3, -0.25) is 9.59 Å². The molecule has 0 radical (unpaired) electrons. The minimum atomic E-state index is -0.373. The molecule has 0 spiro atoms. The predicted molar refractivity (Wildman–Crippen MR) is 65.1 cm³/mol. The minimum Gasteiger partial charge on any atom is -0.280 e. The van der Waals surface area contributed by atoms with Crippen LogP contribution in [0.2, 0.25) is 0 Å². The van der Waals surface area contributed by atoms with Gasteiger partial charge >= 0.3 is 0 Å². The average Bonchev–Trinajstić information content (AvgIpc) is 2.11. The Balaban J connectivity index is 4.00. The van der Waals surface area contributed by atoms with E-state index in [-0.39, 0.29) is 21.0 Å². The molecule has 0 bridgehead atoms. The first kappa shape index (κ1) is 14.6. The second-order valence-electron chi connectivity index (χ2n) is 2.59. The second-order valence-corrected chi connectivity index (χ2v) is 6.02. The largest absolute Gasteiger partial charge is 0.280 e. The summed E-state index contributed by atoms with van der Waals surface area (Å²) in [6.45, 7) is 3.75. The van der Waals surface area contributed by atoms with Crippen molar-refractivity contribution in [1.82, 2.24) is 0 Å². The maximum atomic E-state index is 10.9. The maximum Gasteiger partial charge on any atom is 0.235 e. The Morgan fingerprint density at radius 3 is 1.43 bits per heavy atom. The average molecular weight is 275 g/mol. The molecule has 0 aliphatic heterocycles. The fourth-order valence-corrected chi connectivity index (χ4v) is 4.40. The molecule has 0 N–H and O–H groups in total. The molecule has 0 aliphatic carbocycles. The molecule has 0 amide bonds. The van der Waals surface area contributed by atoms with Crippen molar-refractivity contribution in [2.75, 3.05) is 0 Å². The highest BCUT2D eigenvalue weighted by atomic mass is 35.5. The Bertz CT molecular complexity index is 190. The Morgan fingerprint density at radius 2 is 1.29 bits per heavy atom. The van der Waals surface area contributed by atoms with Crippen LogP contribution >= 0.6 is 44.8 Å². The maximum absolute atomic E-state index is 10.9. The number of carbonyl (C=O) groups excluding carboxylic acids is 2. The summed E-state index contributed by atoms with van der Waals surface area (Å²) < 4.78 is 0. The molecule has 0 aromatic rings. The van der Waals surface area contributed by atoms with E-state index in [2.05, 4.69) is 0 Å². The van der Waals surface area contributed by atoms with Gasteiger partial charge in [0, 0.05) is 0 Å². The van der Waals surface area contributed by atoms with E-state index in [1.807, 2.05) is 13.8 Å². The Hall–Kier alpha value is 0.620. The van der Waals surface area contributed by atoms with Crippen LogP contribution in [0.5, 0.6) is 0 Å². The summed E-state index contributed by atoms with van der Waals surface area (Å²) in [5, 5.41) is -1.26. The molecule has 0 fully saturated rings. The van der Waals surface area contributed by atoms with Crippen molar-refractivity contribution in [1.29, 1.82) is 0 Å². The van der Waals surface area contributed by atoms with E-state index in [4.69, 9.17) is 23.2 Å². The summed E-state index contributed by atoms with van der Waals surface area (Å²) in [6, 6.07) is 0. The number of halogens is 2. The predicted octanol–water partition coefficient (Wildman–Crippen LogP) is 3.46. The Labute approximate surface area is 102 Å². The van der Waals surface area contributed by atoms with E-state index in [9.17, 15) is 9.59 Å². The van der Waals surface area contributed by atoms with Crippen LogP contribution in [0.15, 0.2) is 0 Å².